The Hall–Kier alpha value is -1.72. The number of hydrogen-bond donors (Lipinski definition) is 1. The molecule has 0 fully saturated rings. The minimum absolute atomic E-state index is 0.0787. The molecule has 0 saturated carbocycles. The third-order valence-corrected chi connectivity index (χ3v) is 1.38. The fraction of sp³-hybridized carbons (Fsp3) is 0.333. The molecule has 2 N–H and O–H groups in total. The Morgan fingerprint density at radius 2 is 2.00 bits per heavy atom. The largest absolute Gasteiger partial charge is 0.378 e. The van der Waals surface area contributed by atoms with Crippen LogP contribution in [0.3, 0.4) is 0 Å². The van der Waals surface area contributed by atoms with Gasteiger partial charge in [0.1, 0.15) is 11.5 Å². The van der Waals surface area contributed by atoms with E-state index in [2.05, 4.69) is 9.97 Å². The molecule has 0 aliphatic rings. The first-order valence-electron chi connectivity index (χ1n) is 3.27. The number of aryl methyl sites for hydroxylation is 2. The van der Waals surface area contributed by atoms with Gasteiger partial charge in [-0.3, -0.25) is 10.1 Å². The van der Waals surface area contributed by atoms with Crippen molar-refractivity contribution in [3.8, 4) is 0 Å². The molecule has 6 nitrogen and oxygen atoms in total. The van der Waals surface area contributed by atoms with Crippen LogP contribution in [0.1, 0.15) is 11.5 Å². The summed E-state index contributed by atoms with van der Waals surface area (Å²) in [5, 5.41) is 10.4. The summed E-state index contributed by atoms with van der Waals surface area (Å²) in [5.41, 5.74) is 5.42. The summed E-state index contributed by atoms with van der Waals surface area (Å²) in [4.78, 5) is 17.3. The Morgan fingerprint density at radius 1 is 1.42 bits per heavy atom. The van der Waals surface area contributed by atoms with Crippen LogP contribution in [0.25, 0.3) is 0 Å². The highest BCUT2D eigenvalue weighted by Crippen LogP contribution is 2.21. The second kappa shape index (κ2) is 2.72. The van der Waals surface area contributed by atoms with Gasteiger partial charge in [-0.25, -0.2) is 9.97 Å². The molecule has 1 heterocycles. The summed E-state index contributed by atoms with van der Waals surface area (Å²) < 4.78 is 0. The highest BCUT2D eigenvalue weighted by molar-refractivity contribution is 5.54. The lowest BCUT2D eigenvalue weighted by atomic mass is 10.3. The lowest BCUT2D eigenvalue weighted by Crippen LogP contribution is -2.04. The molecule has 0 unspecified atom stereocenters. The monoisotopic (exact) mass is 168 g/mol. The Bertz CT molecular complexity index is 313. The molecule has 6 heteroatoms. The van der Waals surface area contributed by atoms with Gasteiger partial charge in [-0.1, -0.05) is 0 Å². The summed E-state index contributed by atoms with van der Waals surface area (Å²) in [6.07, 6.45) is 0. The van der Waals surface area contributed by atoms with Crippen molar-refractivity contribution in [2.75, 3.05) is 5.73 Å². The predicted molar refractivity (Wildman–Crippen MR) is 42.6 cm³/mol. The molecule has 1 aromatic heterocycles. The third kappa shape index (κ3) is 1.31. The van der Waals surface area contributed by atoms with Crippen molar-refractivity contribution in [2.24, 2.45) is 0 Å². The number of hydrogen-bond acceptors (Lipinski definition) is 5. The zero-order chi connectivity index (χ0) is 9.30. The van der Waals surface area contributed by atoms with Gasteiger partial charge in [0.15, 0.2) is 0 Å². The van der Waals surface area contributed by atoms with Crippen LogP contribution in [0.15, 0.2) is 0 Å². The molecule has 0 radical (unpaired) electrons. The molecule has 0 amide bonds. The summed E-state index contributed by atoms with van der Waals surface area (Å²) in [6, 6.07) is 0. The van der Waals surface area contributed by atoms with Crippen LogP contribution in [-0.2, 0) is 0 Å². The lowest BCUT2D eigenvalue weighted by molar-refractivity contribution is -0.385. The maximum Gasteiger partial charge on any atom is 0.332 e. The molecule has 0 atom stereocenters. The number of nitrogens with two attached hydrogens (primary N) is 1. The fourth-order valence-corrected chi connectivity index (χ4v) is 0.959. The molecule has 0 aromatic carbocycles. The second-order valence-corrected chi connectivity index (χ2v) is 2.35. The molecule has 0 saturated heterocycles. The van der Waals surface area contributed by atoms with Crippen molar-refractivity contribution in [2.45, 2.75) is 13.8 Å². The van der Waals surface area contributed by atoms with Crippen molar-refractivity contribution in [3.63, 3.8) is 0 Å². The highest BCUT2D eigenvalue weighted by atomic mass is 16.6. The lowest BCUT2D eigenvalue weighted by Gasteiger charge is -1.99. The van der Waals surface area contributed by atoms with Gasteiger partial charge in [-0.05, 0) is 13.8 Å². The van der Waals surface area contributed by atoms with E-state index in [1.165, 1.54) is 6.92 Å². The average molecular weight is 168 g/mol. The third-order valence-electron chi connectivity index (χ3n) is 1.38. The smallest absolute Gasteiger partial charge is 0.332 e. The molecule has 1 aromatic rings. The van der Waals surface area contributed by atoms with E-state index < -0.39 is 4.92 Å². The van der Waals surface area contributed by atoms with E-state index in [4.69, 9.17) is 5.73 Å². The van der Waals surface area contributed by atoms with E-state index in [9.17, 15) is 10.1 Å². The molecule has 0 aliphatic heterocycles. The zero-order valence-electron chi connectivity index (χ0n) is 6.74. The number of nitrogen functional groups attached to an aromatic ring is 1. The Labute approximate surface area is 68.6 Å². The van der Waals surface area contributed by atoms with Crippen molar-refractivity contribution in [3.05, 3.63) is 21.6 Å². The van der Waals surface area contributed by atoms with Gasteiger partial charge >= 0.3 is 5.69 Å². The first kappa shape index (κ1) is 8.38. The molecule has 0 bridgehead atoms. The summed E-state index contributed by atoms with van der Waals surface area (Å²) in [6.45, 7) is 3.16. The van der Waals surface area contributed by atoms with Crippen LogP contribution in [0, 0.1) is 24.0 Å². The van der Waals surface area contributed by atoms with Crippen LogP contribution in [0.4, 0.5) is 11.5 Å². The minimum atomic E-state index is -0.579. The number of aromatic nitrogens is 2. The highest BCUT2D eigenvalue weighted by Gasteiger charge is 2.17. The van der Waals surface area contributed by atoms with Crippen molar-refractivity contribution in [1.29, 1.82) is 0 Å². The molecule has 0 aliphatic carbocycles. The van der Waals surface area contributed by atoms with Gasteiger partial charge < -0.3 is 5.73 Å². The molecular weight excluding hydrogens is 160 g/mol. The topological polar surface area (TPSA) is 94.9 Å². The number of nitro groups is 1. The molecule has 64 valence electrons. The fourth-order valence-electron chi connectivity index (χ4n) is 0.959. The van der Waals surface area contributed by atoms with Crippen LogP contribution < -0.4 is 5.73 Å². The van der Waals surface area contributed by atoms with Crippen LogP contribution in [-0.4, -0.2) is 14.9 Å². The van der Waals surface area contributed by atoms with E-state index in [1.54, 1.807) is 6.92 Å². The van der Waals surface area contributed by atoms with Gasteiger partial charge in [-0.15, -0.1) is 0 Å². The van der Waals surface area contributed by atoms with E-state index in [0.29, 0.717) is 11.5 Å². The van der Waals surface area contributed by atoms with Crippen molar-refractivity contribution in [1.82, 2.24) is 9.97 Å². The predicted octanol–water partition coefficient (Wildman–Crippen LogP) is 0.584. The molecular formula is C6H8N4O2. The Kier molecular flexibility index (Phi) is 1.90. The maximum absolute atomic E-state index is 10.4. The Balaban J connectivity index is 3.38. The van der Waals surface area contributed by atoms with Crippen molar-refractivity contribution >= 4 is 11.5 Å². The zero-order valence-corrected chi connectivity index (χ0v) is 6.74. The molecule has 12 heavy (non-hydrogen) atoms. The maximum atomic E-state index is 10.4. The minimum Gasteiger partial charge on any atom is -0.378 e. The van der Waals surface area contributed by atoms with Crippen LogP contribution >= 0.6 is 0 Å². The number of anilines is 1. The van der Waals surface area contributed by atoms with Gasteiger partial charge in [0.05, 0.1) is 4.92 Å². The summed E-state index contributed by atoms with van der Waals surface area (Å²) >= 11 is 0. The summed E-state index contributed by atoms with van der Waals surface area (Å²) in [7, 11) is 0. The van der Waals surface area contributed by atoms with Crippen LogP contribution in [0.5, 0.6) is 0 Å². The van der Waals surface area contributed by atoms with Gasteiger partial charge in [0.2, 0.25) is 5.82 Å². The van der Waals surface area contributed by atoms with Crippen LogP contribution in [0.2, 0.25) is 0 Å². The number of nitrogens with zero attached hydrogens (tertiary/aromatic N) is 3. The molecule has 0 spiro atoms. The van der Waals surface area contributed by atoms with E-state index in [0.717, 1.165) is 0 Å². The Morgan fingerprint density at radius 3 is 2.42 bits per heavy atom. The summed E-state index contributed by atoms with van der Waals surface area (Å²) in [5.74, 6) is 0.362. The molecule has 1 rings (SSSR count). The quantitative estimate of drug-likeness (QED) is 0.489. The van der Waals surface area contributed by atoms with Crippen molar-refractivity contribution < 1.29 is 4.92 Å². The van der Waals surface area contributed by atoms with E-state index in [1.807, 2.05) is 0 Å². The van der Waals surface area contributed by atoms with Gasteiger partial charge in [-0.2, -0.15) is 0 Å². The number of rotatable bonds is 1. The van der Waals surface area contributed by atoms with E-state index in [-0.39, 0.29) is 11.5 Å². The normalized spacial score (nSPS) is 9.83. The first-order valence-corrected chi connectivity index (χ1v) is 3.27. The van der Waals surface area contributed by atoms with Gasteiger partial charge in [0, 0.05) is 0 Å². The SMILES string of the molecule is Cc1nc(C)c([N+](=O)[O-])c(N)n1. The second-order valence-electron chi connectivity index (χ2n) is 2.35. The average Bonchev–Trinajstić information content (AvgIpc) is 1.82. The van der Waals surface area contributed by atoms with E-state index >= 15 is 0 Å². The first-order chi connectivity index (χ1) is 5.52. The van der Waals surface area contributed by atoms with Gasteiger partial charge in [0.25, 0.3) is 0 Å². The standard InChI is InChI=1S/C6H8N4O2/c1-3-5(10(11)12)6(7)9-4(2)8-3/h1-2H3,(H2,7,8,9).